The Balaban J connectivity index is 1.90. The Morgan fingerprint density at radius 3 is 2.68 bits per heavy atom. The summed E-state index contributed by atoms with van der Waals surface area (Å²) in [5, 5.41) is 2.58. The molecule has 0 aliphatic rings. The van der Waals surface area contributed by atoms with Crippen LogP contribution in [0, 0.1) is 12.7 Å². The van der Waals surface area contributed by atoms with E-state index in [1.807, 2.05) is 25.1 Å². The third kappa shape index (κ3) is 3.91. The molecule has 0 aliphatic heterocycles. The maximum atomic E-state index is 13.4. The summed E-state index contributed by atoms with van der Waals surface area (Å²) in [7, 11) is 0. The molecule has 0 atom stereocenters. The minimum atomic E-state index is -0.411. The SMILES string of the molecule is Cc1cccc(CCC(=O)Nc2ccccc2F)c1. The Hall–Kier alpha value is -2.16. The molecular weight excluding hydrogens is 241 g/mol. The number of halogens is 1. The fourth-order valence-corrected chi connectivity index (χ4v) is 1.90. The van der Waals surface area contributed by atoms with Crippen molar-refractivity contribution in [3.05, 3.63) is 65.5 Å². The zero-order chi connectivity index (χ0) is 13.7. The first-order valence-electron chi connectivity index (χ1n) is 6.25. The summed E-state index contributed by atoms with van der Waals surface area (Å²) in [6.45, 7) is 2.02. The van der Waals surface area contributed by atoms with Crippen LogP contribution in [0.4, 0.5) is 10.1 Å². The average Bonchev–Trinajstić information content (AvgIpc) is 2.39. The normalized spacial score (nSPS) is 10.2. The van der Waals surface area contributed by atoms with Gasteiger partial charge in [0.25, 0.3) is 0 Å². The third-order valence-electron chi connectivity index (χ3n) is 2.87. The Kier molecular flexibility index (Phi) is 4.29. The number of nitrogens with one attached hydrogen (secondary N) is 1. The van der Waals surface area contributed by atoms with Gasteiger partial charge >= 0.3 is 0 Å². The summed E-state index contributed by atoms with van der Waals surface area (Å²) in [5.41, 5.74) is 2.52. The predicted octanol–water partition coefficient (Wildman–Crippen LogP) is 3.71. The van der Waals surface area contributed by atoms with Crippen LogP contribution in [0.25, 0.3) is 0 Å². The molecule has 2 aromatic carbocycles. The second-order valence-corrected chi connectivity index (χ2v) is 4.52. The maximum absolute atomic E-state index is 13.4. The third-order valence-corrected chi connectivity index (χ3v) is 2.87. The van der Waals surface area contributed by atoms with Crippen LogP contribution in [0.2, 0.25) is 0 Å². The number of anilines is 1. The van der Waals surface area contributed by atoms with Gasteiger partial charge in [-0.2, -0.15) is 0 Å². The van der Waals surface area contributed by atoms with Crippen molar-refractivity contribution in [1.29, 1.82) is 0 Å². The van der Waals surface area contributed by atoms with Crippen molar-refractivity contribution in [2.24, 2.45) is 0 Å². The van der Waals surface area contributed by atoms with Crippen LogP contribution in [0.15, 0.2) is 48.5 Å². The molecule has 0 radical (unpaired) electrons. The van der Waals surface area contributed by atoms with Gasteiger partial charge in [0.2, 0.25) is 5.91 Å². The summed E-state index contributed by atoms with van der Waals surface area (Å²) in [4.78, 5) is 11.7. The van der Waals surface area contributed by atoms with Gasteiger partial charge in [-0.3, -0.25) is 4.79 Å². The topological polar surface area (TPSA) is 29.1 Å². The van der Waals surface area contributed by atoms with Crippen LogP contribution in [0.5, 0.6) is 0 Å². The summed E-state index contributed by atoms with van der Waals surface area (Å²) in [6, 6.07) is 14.2. The molecule has 3 heteroatoms. The molecule has 0 aromatic heterocycles. The molecule has 1 N–H and O–H groups in total. The largest absolute Gasteiger partial charge is 0.324 e. The van der Waals surface area contributed by atoms with E-state index in [4.69, 9.17) is 0 Å². The van der Waals surface area contributed by atoms with Gasteiger partial charge in [-0.25, -0.2) is 4.39 Å². The highest BCUT2D eigenvalue weighted by molar-refractivity contribution is 5.90. The molecule has 0 fully saturated rings. The maximum Gasteiger partial charge on any atom is 0.224 e. The molecule has 1 amide bonds. The first-order valence-corrected chi connectivity index (χ1v) is 6.25. The van der Waals surface area contributed by atoms with E-state index in [9.17, 15) is 9.18 Å². The lowest BCUT2D eigenvalue weighted by molar-refractivity contribution is -0.116. The van der Waals surface area contributed by atoms with Crippen molar-refractivity contribution in [1.82, 2.24) is 0 Å². The number of amides is 1. The predicted molar refractivity (Wildman–Crippen MR) is 74.5 cm³/mol. The van der Waals surface area contributed by atoms with E-state index < -0.39 is 5.82 Å². The quantitative estimate of drug-likeness (QED) is 0.889. The Bertz CT molecular complexity index is 580. The fourth-order valence-electron chi connectivity index (χ4n) is 1.90. The second-order valence-electron chi connectivity index (χ2n) is 4.52. The van der Waals surface area contributed by atoms with Crippen LogP contribution >= 0.6 is 0 Å². The minimum absolute atomic E-state index is 0.174. The number of hydrogen-bond donors (Lipinski definition) is 1. The van der Waals surface area contributed by atoms with Crippen molar-refractivity contribution in [3.63, 3.8) is 0 Å². The highest BCUT2D eigenvalue weighted by Gasteiger charge is 2.06. The van der Waals surface area contributed by atoms with Crippen LogP contribution < -0.4 is 5.32 Å². The molecule has 0 unspecified atom stereocenters. The Morgan fingerprint density at radius 1 is 1.16 bits per heavy atom. The van der Waals surface area contributed by atoms with Crippen LogP contribution in [0.1, 0.15) is 17.5 Å². The number of aryl methyl sites for hydroxylation is 2. The van der Waals surface area contributed by atoms with Gasteiger partial charge in [-0.1, -0.05) is 42.0 Å². The van der Waals surface area contributed by atoms with Crippen molar-refractivity contribution in [3.8, 4) is 0 Å². The molecular formula is C16H16FNO. The summed E-state index contributed by atoms with van der Waals surface area (Å²) < 4.78 is 13.4. The van der Waals surface area contributed by atoms with Gasteiger partial charge in [0.05, 0.1) is 5.69 Å². The lowest BCUT2D eigenvalue weighted by Gasteiger charge is -2.06. The van der Waals surface area contributed by atoms with Crippen molar-refractivity contribution < 1.29 is 9.18 Å². The summed E-state index contributed by atoms with van der Waals surface area (Å²) >= 11 is 0. The summed E-state index contributed by atoms with van der Waals surface area (Å²) in [5.74, 6) is -0.585. The smallest absolute Gasteiger partial charge is 0.224 e. The molecule has 0 saturated heterocycles. The van der Waals surface area contributed by atoms with E-state index in [0.29, 0.717) is 12.8 Å². The lowest BCUT2D eigenvalue weighted by atomic mass is 10.1. The van der Waals surface area contributed by atoms with Gasteiger partial charge in [0.1, 0.15) is 5.82 Å². The number of benzene rings is 2. The number of hydrogen-bond acceptors (Lipinski definition) is 1. The standard InChI is InChI=1S/C16H16FNO/c1-12-5-4-6-13(11-12)9-10-16(19)18-15-8-3-2-7-14(15)17/h2-8,11H,9-10H2,1H3,(H,18,19). The van der Waals surface area contributed by atoms with Crippen molar-refractivity contribution in [2.45, 2.75) is 19.8 Å². The first-order chi connectivity index (χ1) is 9.15. The zero-order valence-electron chi connectivity index (χ0n) is 10.8. The van der Waals surface area contributed by atoms with Gasteiger partial charge < -0.3 is 5.32 Å². The molecule has 2 rings (SSSR count). The van der Waals surface area contributed by atoms with E-state index in [2.05, 4.69) is 11.4 Å². The highest BCUT2D eigenvalue weighted by atomic mass is 19.1. The van der Waals surface area contributed by atoms with Gasteiger partial charge in [-0.15, -0.1) is 0 Å². The van der Waals surface area contributed by atoms with Crippen LogP contribution in [-0.2, 0) is 11.2 Å². The molecule has 19 heavy (non-hydrogen) atoms. The second kappa shape index (κ2) is 6.14. The fraction of sp³-hybridized carbons (Fsp3) is 0.188. The number of carbonyl (C=O) groups excluding carboxylic acids is 1. The number of rotatable bonds is 4. The van der Waals surface area contributed by atoms with E-state index in [0.717, 1.165) is 5.56 Å². The van der Waals surface area contributed by atoms with Crippen molar-refractivity contribution >= 4 is 11.6 Å². The van der Waals surface area contributed by atoms with E-state index >= 15 is 0 Å². The molecule has 0 aliphatic carbocycles. The van der Waals surface area contributed by atoms with Crippen LogP contribution in [0.3, 0.4) is 0 Å². The zero-order valence-corrected chi connectivity index (χ0v) is 10.8. The summed E-state index contributed by atoms with van der Waals surface area (Å²) in [6.07, 6.45) is 1.000. The Morgan fingerprint density at radius 2 is 1.95 bits per heavy atom. The van der Waals surface area contributed by atoms with Gasteiger partial charge in [0, 0.05) is 6.42 Å². The minimum Gasteiger partial charge on any atom is -0.324 e. The highest BCUT2D eigenvalue weighted by Crippen LogP contribution is 2.13. The number of carbonyl (C=O) groups is 1. The van der Waals surface area contributed by atoms with Crippen molar-refractivity contribution in [2.75, 3.05) is 5.32 Å². The van der Waals surface area contributed by atoms with Gasteiger partial charge in [0.15, 0.2) is 0 Å². The molecule has 0 spiro atoms. The Labute approximate surface area is 112 Å². The molecule has 2 aromatic rings. The van der Waals surface area contributed by atoms with Gasteiger partial charge in [-0.05, 0) is 31.0 Å². The molecule has 0 bridgehead atoms. The lowest BCUT2D eigenvalue weighted by Crippen LogP contribution is -2.13. The molecule has 2 nitrogen and oxygen atoms in total. The van der Waals surface area contributed by atoms with Crippen LogP contribution in [-0.4, -0.2) is 5.91 Å². The molecule has 0 saturated carbocycles. The van der Waals surface area contributed by atoms with E-state index in [1.165, 1.54) is 11.6 Å². The molecule has 98 valence electrons. The first kappa shape index (κ1) is 13.3. The number of para-hydroxylation sites is 1. The van der Waals surface area contributed by atoms with E-state index in [-0.39, 0.29) is 11.6 Å². The van der Waals surface area contributed by atoms with E-state index in [1.54, 1.807) is 18.2 Å². The molecule has 0 heterocycles. The average molecular weight is 257 g/mol. The monoisotopic (exact) mass is 257 g/mol.